The van der Waals surface area contributed by atoms with Crippen LogP contribution in [0.2, 0.25) is 0 Å². The molecular weight excluding hydrogens is 186 g/mol. The first-order valence-electron chi connectivity index (χ1n) is 4.03. The zero-order chi connectivity index (χ0) is 10.6. The van der Waals surface area contributed by atoms with Crippen LogP contribution in [-0.2, 0) is 9.59 Å². The number of hydrogen-bond acceptors (Lipinski definition) is 4. The smallest absolute Gasteiger partial charge is 0.249 e. The monoisotopic (exact) mass is 197 g/mol. The Balaban J connectivity index is 2.46. The van der Waals surface area contributed by atoms with Crippen molar-refractivity contribution >= 4 is 17.8 Å². The molecule has 2 amide bonds. The van der Waals surface area contributed by atoms with Crippen molar-refractivity contribution in [2.24, 2.45) is 0 Å². The average Bonchev–Trinajstić information content (AvgIpc) is 2.55. The van der Waals surface area contributed by atoms with Crippen LogP contribution in [0.5, 0.6) is 0 Å². The van der Waals surface area contributed by atoms with Gasteiger partial charge < -0.3 is 5.32 Å². The van der Waals surface area contributed by atoms with Gasteiger partial charge in [0.1, 0.15) is 12.4 Å². The maximum atomic E-state index is 11.3. The summed E-state index contributed by atoms with van der Waals surface area (Å²) in [6.07, 6.45) is 1.28. The Morgan fingerprint density at radius 3 is 2.79 bits per heavy atom. The van der Waals surface area contributed by atoms with Crippen LogP contribution in [0.25, 0.3) is 0 Å². The van der Waals surface area contributed by atoms with Gasteiger partial charge in [0.2, 0.25) is 17.8 Å². The van der Waals surface area contributed by atoms with Gasteiger partial charge in [-0.2, -0.15) is 10.1 Å². The number of nitrogens with zero attached hydrogens (tertiary/aromatic N) is 2. The third-order valence-electron chi connectivity index (χ3n) is 1.47. The summed E-state index contributed by atoms with van der Waals surface area (Å²) in [5.41, 5.74) is 0. The largest absolute Gasteiger partial charge is 0.345 e. The fourth-order valence-electron chi connectivity index (χ4n) is 0.861. The molecule has 76 valence electrons. The Bertz CT molecular complexity index is 321. The Labute approximate surface area is 80.3 Å². The summed E-state index contributed by atoms with van der Waals surface area (Å²) in [6.45, 7) is 2.92. The van der Waals surface area contributed by atoms with E-state index in [4.69, 9.17) is 0 Å². The Kier molecular flexibility index (Phi) is 3.16. The van der Waals surface area contributed by atoms with Gasteiger partial charge in [-0.25, -0.2) is 5.10 Å². The molecule has 0 radical (unpaired) electrons. The van der Waals surface area contributed by atoms with Gasteiger partial charge in [0.15, 0.2) is 0 Å². The van der Waals surface area contributed by atoms with E-state index in [0.717, 1.165) is 0 Å². The molecule has 7 heteroatoms. The minimum Gasteiger partial charge on any atom is -0.345 e. The van der Waals surface area contributed by atoms with Crippen LogP contribution in [0.1, 0.15) is 13.8 Å². The van der Waals surface area contributed by atoms with Crippen molar-refractivity contribution in [2.45, 2.75) is 19.9 Å². The summed E-state index contributed by atoms with van der Waals surface area (Å²) >= 11 is 0. The molecule has 14 heavy (non-hydrogen) atoms. The number of aromatic nitrogens is 3. The van der Waals surface area contributed by atoms with Gasteiger partial charge in [0.05, 0.1) is 0 Å². The van der Waals surface area contributed by atoms with Crippen LogP contribution in [-0.4, -0.2) is 33.0 Å². The first-order valence-corrected chi connectivity index (χ1v) is 4.03. The molecule has 0 bridgehead atoms. The average molecular weight is 197 g/mol. The normalized spacial score (nSPS) is 11.9. The van der Waals surface area contributed by atoms with Crippen molar-refractivity contribution in [3.63, 3.8) is 0 Å². The van der Waals surface area contributed by atoms with E-state index < -0.39 is 6.04 Å². The lowest BCUT2D eigenvalue weighted by Crippen LogP contribution is -2.40. The summed E-state index contributed by atoms with van der Waals surface area (Å²) in [5, 5.41) is 10.9. The van der Waals surface area contributed by atoms with Gasteiger partial charge in [0, 0.05) is 6.92 Å². The highest BCUT2D eigenvalue weighted by atomic mass is 16.2. The SMILES string of the molecule is CC(=O)NC(C)C(=O)Nc1ncn[nH]1. The van der Waals surface area contributed by atoms with Gasteiger partial charge in [-0.05, 0) is 6.92 Å². The predicted molar refractivity (Wildman–Crippen MR) is 48.3 cm³/mol. The van der Waals surface area contributed by atoms with Crippen LogP contribution in [0.4, 0.5) is 5.95 Å². The summed E-state index contributed by atoms with van der Waals surface area (Å²) in [7, 11) is 0. The highest BCUT2D eigenvalue weighted by Crippen LogP contribution is 1.94. The first-order chi connectivity index (χ1) is 6.59. The maximum Gasteiger partial charge on any atom is 0.249 e. The highest BCUT2D eigenvalue weighted by molar-refractivity contribution is 5.95. The van der Waals surface area contributed by atoms with Crippen LogP contribution in [0.15, 0.2) is 6.33 Å². The van der Waals surface area contributed by atoms with Crippen molar-refractivity contribution in [3.8, 4) is 0 Å². The van der Waals surface area contributed by atoms with Crippen molar-refractivity contribution in [1.82, 2.24) is 20.5 Å². The van der Waals surface area contributed by atoms with Crippen LogP contribution < -0.4 is 10.6 Å². The van der Waals surface area contributed by atoms with E-state index in [0.29, 0.717) is 0 Å². The topological polar surface area (TPSA) is 99.8 Å². The Morgan fingerprint density at radius 1 is 1.57 bits per heavy atom. The van der Waals surface area contributed by atoms with Gasteiger partial charge >= 0.3 is 0 Å². The van der Waals surface area contributed by atoms with E-state index in [1.54, 1.807) is 6.92 Å². The van der Waals surface area contributed by atoms with Gasteiger partial charge in [-0.3, -0.25) is 14.9 Å². The van der Waals surface area contributed by atoms with Crippen LogP contribution >= 0.6 is 0 Å². The zero-order valence-corrected chi connectivity index (χ0v) is 7.87. The maximum absolute atomic E-state index is 11.3. The summed E-state index contributed by atoms with van der Waals surface area (Å²) in [6, 6.07) is -0.599. The van der Waals surface area contributed by atoms with Crippen molar-refractivity contribution in [2.75, 3.05) is 5.32 Å². The number of H-pyrrole nitrogens is 1. The van der Waals surface area contributed by atoms with E-state index in [-0.39, 0.29) is 17.8 Å². The molecule has 1 unspecified atom stereocenters. The van der Waals surface area contributed by atoms with Crippen molar-refractivity contribution in [1.29, 1.82) is 0 Å². The van der Waals surface area contributed by atoms with Gasteiger partial charge in [0.25, 0.3) is 0 Å². The lowest BCUT2D eigenvalue weighted by atomic mass is 10.3. The highest BCUT2D eigenvalue weighted by Gasteiger charge is 2.14. The van der Waals surface area contributed by atoms with Gasteiger partial charge in [-0.1, -0.05) is 0 Å². The fourth-order valence-corrected chi connectivity index (χ4v) is 0.861. The Hall–Kier alpha value is -1.92. The number of amides is 2. The van der Waals surface area contributed by atoms with Crippen molar-refractivity contribution in [3.05, 3.63) is 6.33 Å². The second-order valence-electron chi connectivity index (χ2n) is 2.75. The molecule has 1 rings (SSSR count). The predicted octanol–water partition coefficient (Wildman–Crippen LogP) is -0.732. The standard InChI is InChI=1S/C7H11N5O2/c1-4(10-5(2)13)6(14)11-7-8-3-9-12-7/h3-4H,1-2H3,(H,10,13)(H2,8,9,11,12,14). The molecule has 1 aromatic heterocycles. The molecular formula is C7H11N5O2. The van der Waals surface area contributed by atoms with E-state index in [1.165, 1.54) is 13.3 Å². The number of hydrogen-bond donors (Lipinski definition) is 3. The molecule has 0 saturated carbocycles. The molecule has 0 aliphatic rings. The molecule has 1 heterocycles. The minimum absolute atomic E-state index is 0.257. The molecule has 1 aromatic rings. The second kappa shape index (κ2) is 4.35. The van der Waals surface area contributed by atoms with Crippen molar-refractivity contribution < 1.29 is 9.59 Å². The van der Waals surface area contributed by atoms with E-state index in [9.17, 15) is 9.59 Å². The number of anilines is 1. The number of nitrogens with one attached hydrogen (secondary N) is 3. The van der Waals surface area contributed by atoms with E-state index in [1.807, 2.05) is 0 Å². The lowest BCUT2D eigenvalue weighted by Gasteiger charge is -2.10. The molecule has 0 fully saturated rings. The van der Waals surface area contributed by atoms with E-state index >= 15 is 0 Å². The fraction of sp³-hybridized carbons (Fsp3) is 0.429. The molecule has 3 N–H and O–H groups in total. The lowest BCUT2D eigenvalue weighted by molar-refractivity contribution is -0.124. The van der Waals surface area contributed by atoms with Crippen LogP contribution in [0, 0.1) is 0 Å². The van der Waals surface area contributed by atoms with E-state index in [2.05, 4.69) is 25.8 Å². The molecule has 0 saturated heterocycles. The summed E-state index contributed by atoms with van der Waals surface area (Å²) in [5.74, 6) is -0.352. The first kappa shape index (κ1) is 10.2. The number of carbonyl (C=O) groups excluding carboxylic acids is 2. The third kappa shape index (κ3) is 2.85. The molecule has 0 spiro atoms. The molecule has 0 aliphatic heterocycles. The third-order valence-corrected chi connectivity index (χ3v) is 1.47. The number of rotatable bonds is 3. The second-order valence-corrected chi connectivity index (χ2v) is 2.75. The molecule has 0 aliphatic carbocycles. The Morgan fingerprint density at radius 2 is 2.29 bits per heavy atom. The van der Waals surface area contributed by atoms with Gasteiger partial charge in [-0.15, -0.1) is 0 Å². The zero-order valence-electron chi connectivity index (χ0n) is 7.87. The van der Waals surface area contributed by atoms with Crippen LogP contribution in [0.3, 0.4) is 0 Å². The minimum atomic E-state index is -0.599. The molecule has 0 aromatic carbocycles. The molecule has 1 atom stereocenters. The number of aromatic amines is 1. The molecule has 7 nitrogen and oxygen atoms in total. The summed E-state index contributed by atoms with van der Waals surface area (Å²) < 4.78 is 0. The quantitative estimate of drug-likeness (QED) is 0.594. The summed E-state index contributed by atoms with van der Waals surface area (Å²) in [4.78, 5) is 25.7. The number of carbonyl (C=O) groups is 2.